The standard InChI is InChI=1S/C11H20N2/c1-10-8-13(9-11(10)2)7-5-3-4-6-12/h10-11H,3-5,7-9H2,1-2H3. The second-order valence-corrected chi connectivity index (χ2v) is 4.33. The average molecular weight is 180 g/mol. The molecule has 2 nitrogen and oxygen atoms in total. The van der Waals surface area contributed by atoms with E-state index in [9.17, 15) is 0 Å². The highest BCUT2D eigenvalue weighted by molar-refractivity contribution is 4.78. The first-order valence-corrected chi connectivity index (χ1v) is 5.33. The van der Waals surface area contributed by atoms with Gasteiger partial charge in [-0.05, 0) is 31.2 Å². The van der Waals surface area contributed by atoms with Gasteiger partial charge in [-0.1, -0.05) is 13.8 Å². The van der Waals surface area contributed by atoms with Crippen molar-refractivity contribution < 1.29 is 0 Å². The van der Waals surface area contributed by atoms with E-state index < -0.39 is 0 Å². The lowest BCUT2D eigenvalue weighted by atomic mass is 10.0. The molecule has 1 saturated heterocycles. The lowest BCUT2D eigenvalue weighted by Crippen LogP contribution is -2.21. The van der Waals surface area contributed by atoms with Crippen molar-refractivity contribution in [1.82, 2.24) is 4.90 Å². The number of nitriles is 1. The Morgan fingerprint density at radius 3 is 2.38 bits per heavy atom. The molecule has 0 aromatic heterocycles. The summed E-state index contributed by atoms with van der Waals surface area (Å²) in [5.74, 6) is 1.71. The highest BCUT2D eigenvalue weighted by Gasteiger charge is 2.24. The summed E-state index contributed by atoms with van der Waals surface area (Å²) >= 11 is 0. The molecule has 1 fully saturated rings. The Morgan fingerprint density at radius 2 is 1.85 bits per heavy atom. The second kappa shape index (κ2) is 5.24. The van der Waals surface area contributed by atoms with Crippen LogP contribution in [-0.4, -0.2) is 24.5 Å². The van der Waals surface area contributed by atoms with Crippen LogP contribution in [0, 0.1) is 23.2 Å². The van der Waals surface area contributed by atoms with E-state index in [2.05, 4.69) is 24.8 Å². The Kier molecular flexibility index (Phi) is 4.24. The molecule has 0 saturated carbocycles. The number of hydrogen-bond donors (Lipinski definition) is 0. The molecule has 0 aromatic carbocycles. The summed E-state index contributed by atoms with van der Waals surface area (Å²) in [5.41, 5.74) is 0. The molecule has 74 valence electrons. The molecule has 2 heteroatoms. The third kappa shape index (κ3) is 3.36. The van der Waals surface area contributed by atoms with Crippen molar-refractivity contribution in [2.45, 2.75) is 33.1 Å². The zero-order valence-corrected chi connectivity index (χ0v) is 8.79. The van der Waals surface area contributed by atoms with Crippen molar-refractivity contribution in [2.24, 2.45) is 11.8 Å². The van der Waals surface area contributed by atoms with Gasteiger partial charge in [-0.3, -0.25) is 0 Å². The van der Waals surface area contributed by atoms with Crippen LogP contribution in [-0.2, 0) is 0 Å². The zero-order chi connectivity index (χ0) is 9.68. The molecule has 0 radical (unpaired) electrons. The van der Waals surface area contributed by atoms with Gasteiger partial charge in [-0.2, -0.15) is 5.26 Å². The molecule has 0 spiro atoms. The minimum atomic E-state index is 0.721. The van der Waals surface area contributed by atoms with Crippen molar-refractivity contribution in [1.29, 1.82) is 5.26 Å². The van der Waals surface area contributed by atoms with Gasteiger partial charge in [0.25, 0.3) is 0 Å². The first-order chi connectivity index (χ1) is 6.24. The first kappa shape index (κ1) is 10.5. The van der Waals surface area contributed by atoms with E-state index in [1.807, 2.05) is 0 Å². The van der Waals surface area contributed by atoms with Gasteiger partial charge in [0.2, 0.25) is 0 Å². The van der Waals surface area contributed by atoms with Crippen LogP contribution in [0.1, 0.15) is 33.1 Å². The molecule has 2 atom stereocenters. The number of unbranched alkanes of at least 4 members (excludes halogenated alkanes) is 2. The highest BCUT2D eigenvalue weighted by atomic mass is 15.1. The van der Waals surface area contributed by atoms with Crippen LogP contribution >= 0.6 is 0 Å². The summed E-state index contributed by atoms with van der Waals surface area (Å²) in [4.78, 5) is 2.53. The third-order valence-corrected chi connectivity index (χ3v) is 3.08. The second-order valence-electron chi connectivity index (χ2n) is 4.33. The fourth-order valence-corrected chi connectivity index (χ4v) is 1.97. The third-order valence-electron chi connectivity index (χ3n) is 3.08. The Balaban J connectivity index is 2.07. The van der Waals surface area contributed by atoms with E-state index in [0.717, 1.165) is 24.7 Å². The van der Waals surface area contributed by atoms with Gasteiger partial charge in [-0.25, -0.2) is 0 Å². The topological polar surface area (TPSA) is 27.0 Å². The van der Waals surface area contributed by atoms with Crippen LogP contribution in [0.15, 0.2) is 0 Å². The summed E-state index contributed by atoms with van der Waals surface area (Å²) in [5, 5.41) is 8.38. The summed E-state index contributed by atoms with van der Waals surface area (Å²) in [6.45, 7) is 8.37. The van der Waals surface area contributed by atoms with E-state index >= 15 is 0 Å². The molecule has 1 rings (SSSR count). The van der Waals surface area contributed by atoms with E-state index in [0.29, 0.717) is 0 Å². The predicted octanol–water partition coefficient (Wildman–Crippen LogP) is 2.27. The van der Waals surface area contributed by atoms with Crippen LogP contribution in [0.4, 0.5) is 0 Å². The van der Waals surface area contributed by atoms with Crippen LogP contribution < -0.4 is 0 Å². The molecular weight excluding hydrogens is 160 g/mol. The molecule has 0 N–H and O–H groups in total. The molecule has 0 aromatic rings. The molecule has 2 unspecified atom stereocenters. The van der Waals surface area contributed by atoms with Gasteiger partial charge in [-0.15, -0.1) is 0 Å². The lowest BCUT2D eigenvalue weighted by Gasteiger charge is -2.14. The fraction of sp³-hybridized carbons (Fsp3) is 0.909. The molecule has 13 heavy (non-hydrogen) atoms. The van der Waals surface area contributed by atoms with Gasteiger partial charge in [0, 0.05) is 19.5 Å². The molecule has 1 aliphatic heterocycles. The normalized spacial score (nSPS) is 29.0. The maximum Gasteiger partial charge on any atom is 0.0621 e. The number of rotatable bonds is 4. The lowest BCUT2D eigenvalue weighted by molar-refractivity contribution is 0.316. The molecular formula is C11H20N2. The molecule has 0 aliphatic carbocycles. The highest BCUT2D eigenvalue weighted by Crippen LogP contribution is 2.22. The molecule has 0 bridgehead atoms. The Morgan fingerprint density at radius 1 is 1.23 bits per heavy atom. The van der Waals surface area contributed by atoms with E-state index in [1.54, 1.807) is 0 Å². The number of nitrogens with zero attached hydrogens (tertiary/aromatic N) is 2. The molecule has 0 amide bonds. The van der Waals surface area contributed by atoms with Gasteiger partial charge in [0.15, 0.2) is 0 Å². The van der Waals surface area contributed by atoms with Crippen LogP contribution in [0.2, 0.25) is 0 Å². The minimum Gasteiger partial charge on any atom is -0.303 e. The van der Waals surface area contributed by atoms with Crippen molar-refractivity contribution in [3.8, 4) is 6.07 Å². The smallest absolute Gasteiger partial charge is 0.0621 e. The Hall–Kier alpha value is -0.550. The van der Waals surface area contributed by atoms with Gasteiger partial charge in [0.05, 0.1) is 6.07 Å². The van der Waals surface area contributed by atoms with Crippen molar-refractivity contribution >= 4 is 0 Å². The van der Waals surface area contributed by atoms with Gasteiger partial charge < -0.3 is 4.90 Å². The van der Waals surface area contributed by atoms with Crippen LogP contribution in [0.25, 0.3) is 0 Å². The molecule has 1 aliphatic rings. The monoisotopic (exact) mass is 180 g/mol. The quantitative estimate of drug-likeness (QED) is 0.620. The van der Waals surface area contributed by atoms with Crippen molar-refractivity contribution in [3.63, 3.8) is 0 Å². The molecule has 1 heterocycles. The van der Waals surface area contributed by atoms with Gasteiger partial charge in [0.1, 0.15) is 0 Å². The SMILES string of the molecule is CC1CN(CCCCC#N)CC1C. The Labute approximate surface area is 81.5 Å². The first-order valence-electron chi connectivity index (χ1n) is 5.33. The largest absolute Gasteiger partial charge is 0.303 e. The average Bonchev–Trinajstić information content (AvgIpc) is 2.41. The van der Waals surface area contributed by atoms with Crippen LogP contribution in [0.3, 0.4) is 0 Å². The van der Waals surface area contributed by atoms with Crippen molar-refractivity contribution in [2.75, 3.05) is 19.6 Å². The summed E-state index contributed by atoms with van der Waals surface area (Å²) in [6, 6.07) is 2.19. The van der Waals surface area contributed by atoms with Crippen molar-refractivity contribution in [3.05, 3.63) is 0 Å². The number of hydrogen-bond acceptors (Lipinski definition) is 2. The minimum absolute atomic E-state index is 0.721. The van der Waals surface area contributed by atoms with Crippen LogP contribution in [0.5, 0.6) is 0 Å². The van der Waals surface area contributed by atoms with Gasteiger partial charge >= 0.3 is 0 Å². The Bertz CT molecular complexity index is 173. The van der Waals surface area contributed by atoms with E-state index in [1.165, 1.54) is 26.1 Å². The summed E-state index contributed by atoms with van der Waals surface area (Å²) in [6.07, 6.45) is 2.97. The number of likely N-dealkylation sites (tertiary alicyclic amines) is 1. The van der Waals surface area contributed by atoms with E-state index in [4.69, 9.17) is 5.26 Å². The zero-order valence-electron chi connectivity index (χ0n) is 8.79. The summed E-state index contributed by atoms with van der Waals surface area (Å²) in [7, 11) is 0. The van der Waals surface area contributed by atoms with E-state index in [-0.39, 0.29) is 0 Å². The fourth-order valence-electron chi connectivity index (χ4n) is 1.97. The predicted molar refractivity (Wildman–Crippen MR) is 54.2 cm³/mol. The maximum absolute atomic E-state index is 8.38. The summed E-state index contributed by atoms with van der Waals surface area (Å²) < 4.78 is 0. The maximum atomic E-state index is 8.38.